The number of rotatable bonds is 2. The van der Waals surface area contributed by atoms with Gasteiger partial charge in [0.2, 0.25) is 0 Å². The summed E-state index contributed by atoms with van der Waals surface area (Å²) < 4.78 is 2.43. The highest BCUT2D eigenvalue weighted by molar-refractivity contribution is 9.10. The highest BCUT2D eigenvalue weighted by Crippen LogP contribution is 2.60. The summed E-state index contributed by atoms with van der Waals surface area (Å²) in [6, 6.07) is 13.8. The number of hydrogen-bond acceptors (Lipinski definition) is 0. The fourth-order valence-electron chi connectivity index (χ4n) is 4.96. The molecule has 2 aliphatic carbocycles. The van der Waals surface area contributed by atoms with Gasteiger partial charge in [0.05, 0.1) is 0 Å². The van der Waals surface area contributed by atoms with E-state index >= 15 is 0 Å². The lowest BCUT2D eigenvalue weighted by atomic mass is 9.61. The first kappa shape index (κ1) is 15.0. The van der Waals surface area contributed by atoms with Crippen molar-refractivity contribution < 1.29 is 0 Å². The Morgan fingerprint density at radius 3 is 2.55 bits per heavy atom. The van der Waals surface area contributed by atoms with Crippen molar-refractivity contribution in [1.82, 2.24) is 0 Å². The molecule has 2 atom stereocenters. The second-order valence-electron chi connectivity index (χ2n) is 6.77. The molecule has 0 saturated heterocycles. The van der Waals surface area contributed by atoms with Gasteiger partial charge in [-0.25, -0.2) is 0 Å². The van der Waals surface area contributed by atoms with Gasteiger partial charge in [-0.05, 0) is 71.7 Å². The lowest BCUT2D eigenvalue weighted by Crippen LogP contribution is -2.33. The van der Waals surface area contributed by atoms with Gasteiger partial charge in [0.15, 0.2) is 0 Å². The molecule has 2 aromatic rings. The SMILES string of the molecule is CCC[C@@]12CCC[C@@H]1c1cc(Br)ccc1-c1ccc(Br)cc12. The van der Waals surface area contributed by atoms with Gasteiger partial charge in [0, 0.05) is 14.4 Å². The van der Waals surface area contributed by atoms with Crippen molar-refractivity contribution in [1.29, 1.82) is 0 Å². The molecule has 2 heteroatoms. The second kappa shape index (κ2) is 5.49. The lowest BCUT2D eigenvalue weighted by Gasteiger charge is -2.43. The number of halogens is 2. The first-order chi connectivity index (χ1) is 10.7. The molecule has 2 aliphatic rings. The molecule has 22 heavy (non-hydrogen) atoms. The van der Waals surface area contributed by atoms with Crippen molar-refractivity contribution in [2.24, 2.45) is 0 Å². The molecule has 114 valence electrons. The zero-order valence-corrected chi connectivity index (χ0v) is 16.0. The van der Waals surface area contributed by atoms with Gasteiger partial charge in [-0.1, -0.05) is 63.8 Å². The molecule has 0 unspecified atom stereocenters. The van der Waals surface area contributed by atoms with Crippen LogP contribution in [0.4, 0.5) is 0 Å². The Balaban J connectivity index is 2.04. The minimum atomic E-state index is 0.349. The van der Waals surface area contributed by atoms with E-state index in [1.807, 2.05) is 0 Å². The first-order valence-electron chi connectivity index (χ1n) is 8.25. The summed E-state index contributed by atoms with van der Waals surface area (Å²) in [5.74, 6) is 0.682. The smallest absolute Gasteiger partial charge is 0.0178 e. The third-order valence-electron chi connectivity index (χ3n) is 5.68. The molecular weight excluding hydrogens is 400 g/mol. The predicted molar refractivity (Wildman–Crippen MR) is 100 cm³/mol. The summed E-state index contributed by atoms with van der Waals surface area (Å²) >= 11 is 7.39. The molecular formula is C20H20Br2. The molecule has 0 aliphatic heterocycles. The summed E-state index contributed by atoms with van der Waals surface area (Å²) in [5.41, 5.74) is 6.40. The normalized spacial score (nSPS) is 25.5. The number of fused-ring (bicyclic) bond motifs is 6. The van der Waals surface area contributed by atoms with Crippen LogP contribution in [-0.4, -0.2) is 0 Å². The van der Waals surface area contributed by atoms with Crippen molar-refractivity contribution in [2.75, 3.05) is 0 Å². The van der Waals surface area contributed by atoms with E-state index in [1.54, 1.807) is 11.1 Å². The Morgan fingerprint density at radius 1 is 1.05 bits per heavy atom. The van der Waals surface area contributed by atoms with Crippen LogP contribution in [-0.2, 0) is 5.41 Å². The van der Waals surface area contributed by atoms with E-state index in [0.29, 0.717) is 11.3 Å². The third kappa shape index (κ3) is 2.06. The first-order valence-corrected chi connectivity index (χ1v) is 9.84. The topological polar surface area (TPSA) is 0 Å². The van der Waals surface area contributed by atoms with E-state index in [9.17, 15) is 0 Å². The molecule has 0 nitrogen and oxygen atoms in total. The maximum atomic E-state index is 3.71. The highest BCUT2D eigenvalue weighted by atomic mass is 79.9. The standard InChI is InChI=1S/C20H20Br2/c1-2-9-20-10-3-4-18(20)17-11-13(21)5-7-15(17)16-8-6-14(22)12-19(16)20/h5-8,11-12,18H,2-4,9-10H2,1H3/t18-,20-/m1/s1. The summed E-state index contributed by atoms with van der Waals surface area (Å²) in [6.45, 7) is 2.33. The summed E-state index contributed by atoms with van der Waals surface area (Å²) in [6.07, 6.45) is 6.57. The van der Waals surface area contributed by atoms with Crippen molar-refractivity contribution in [3.05, 3.63) is 56.5 Å². The van der Waals surface area contributed by atoms with Crippen molar-refractivity contribution in [3.63, 3.8) is 0 Å². The van der Waals surface area contributed by atoms with E-state index in [4.69, 9.17) is 0 Å². The van der Waals surface area contributed by atoms with Crippen LogP contribution in [0.3, 0.4) is 0 Å². The average molecular weight is 420 g/mol. The van der Waals surface area contributed by atoms with E-state index in [1.165, 1.54) is 52.2 Å². The zero-order chi connectivity index (χ0) is 15.3. The Morgan fingerprint density at radius 2 is 1.77 bits per heavy atom. The molecule has 0 heterocycles. The van der Waals surface area contributed by atoms with Crippen LogP contribution in [0.5, 0.6) is 0 Å². The fourth-order valence-corrected chi connectivity index (χ4v) is 5.70. The van der Waals surface area contributed by atoms with Crippen molar-refractivity contribution in [2.45, 2.75) is 50.4 Å². The molecule has 2 aromatic carbocycles. The molecule has 4 rings (SSSR count). The zero-order valence-electron chi connectivity index (χ0n) is 12.8. The van der Waals surface area contributed by atoms with Gasteiger partial charge < -0.3 is 0 Å². The number of benzene rings is 2. The molecule has 0 spiro atoms. The van der Waals surface area contributed by atoms with Crippen molar-refractivity contribution >= 4 is 31.9 Å². The molecule has 1 fully saturated rings. The highest BCUT2D eigenvalue weighted by Gasteiger charge is 2.48. The fraction of sp³-hybridized carbons (Fsp3) is 0.400. The summed E-state index contributed by atoms with van der Waals surface area (Å²) in [4.78, 5) is 0. The lowest BCUT2D eigenvalue weighted by molar-refractivity contribution is 0.353. The van der Waals surface area contributed by atoms with Crippen LogP contribution < -0.4 is 0 Å². The van der Waals surface area contributed by atoms with Gasteiger partial charge in [-0.3, -0.25) is 0 Å². The van der Waals surface area contributed by atoms with Gasteiger partial charge in [0.1, 0.15) is 0 Å². The van der Waals surface area contributed by atoms with E-state index in [-0.39, 0.29) is 0 Å². The van der Waals surface area contributed by atoms with Crippen LogP contribution in [0.1, 0.15) is 56.1 Å². The molecule has 1 saturated carbocycles. The van der Waals surface area contributed by atoms with Gasteiger partial charge in [0.25, 0.3) is 0 Å². The molecule has 0 aromatic heterocycles. The summed E-state index contributed by atoms with van der Waals surface area (Å²) in [5, 5.41) is 0. The molecule has 0 amide bonds. The minimum absolute atomic E-state index is 0.349. The van der Waals surface area contributed by atoms with E-state index in [0.717, 1.165) is 0 Å². The Bertz CT molecular complexity index is 734. The van der Waals surface area contributed by atoms with Crippen LogP contribution in [0.25, 0.3) is 11.1 Å². The van der Waals surface area contributed by atoms with Crippen LogP contribution in [0, 0.1) is 0 Å². The molecule has 0 N–H and O–H groups in total. The largest absolute Gasteiger partial charge is 0.0654 e. The molecule has 0 radical (unpaired) electrons. The quantitative estimate of drug-likeness (QED) is 0.482. The predicted octanol–water partition coefficient (Wildman–Crippen LogP) is 7.20. The van der Waals surface area contributed by atoms with Crippen LogP contribution in [0.2, 0.25) is 0 Å². The van der Waals surface area contributed by atoms with Gasteiger partial charge >= 0.3 is 0 Å². The van der Waals surface area contributed by atoms with Gasteiger partial charge in [-0.2, -0.15) is 0 Å². The minimum Gasteiger partial charge on any atom is -0.0654 e. The number of hydrogen-bond donors (Lipinski definition) is 0. The van der Waals surface area contributed by atoms with Crippen LogP contribution >= 0.6 is 31.9 Å². The van der Waals surface area contributed by atoms with E-state index in [2.05, 4.69) is 75.2 Å². The Hall–Kier alpha value is -0.600. The van der Waals surface area contributed by atoms with E-state index < -0.39 is 0 Å². The summed E-state index contributed by atoms with van der Waals surface area (Å²) in [7, 11) is 0. The second-order valence-corrected chi connectivity index (χ2v) is 8.60. The maximum absolute atomic E-state index is 3.71. The average Bonchev–Trinajstić information content (AvgIpc) is 2.93. The Kier molecular flexibility index (Phi) is 3.73. The van der Waals surface area contributed by atoms with Crippen LogP contribution in [0.15, 0.2) is 45.3 Å². The Labute approximate surface area is 149 Å². The monoisotopic (exact) mass is 418 g/mol. The molecule has 0 bridgehead atoms. The maximum Gasteiger partial charge on any atom is 0.0178 e. The van der Waals surface area contributed by atoms with Gasteiger partial charge in [-0.15, -0.1) is 0 Å². The third-order valence-corrected chi connectivity index (χ3v) is 6.66. The van der Waals surface area contributed by atoms with Crippen molar-refractivity contribution in [3.8, 4) is 11.1 Å².